The standard InChI is InChI=1S/C17H32N4.C2HF3O2/c1-15-7-13-8-16(2,10-15)12-17(9-13,11-15)21-6-4-3-5-20-14(18)19;3-2(4,5)1(6)7/h13,21H,3-12H2,1-2H3,(H4,18,19,20);(H,6,7). The molecular formula is C19H33F3N4O2. The number of unbranched alkanes of at least 4 members (excludes halogenated alkanes) is 1. The van der Waals surface area contributed by atoms with E-state index in [1.807, 2.05) is 0 Å². The number of hydrogen-bond acceptors (Lipinski definition) is 3. The van der Waals surface area contributed by atoms with E-state index in [0.29, 0.717) is 16.4 Å². The smallest absolute Gasteiger partial charge is 0.475 e. The van der Waals surface area contributed by atoms with Gasteiger partial charge >= 0.3 is 12.1 Å². The molecule has 0 aromatic carbocycles. The number of nitrogens with two attached hydrogens (primary N) is 2. The van der Waals surface area contributed by atoms with E-state index < -0.39 is 12.1 Å². The van der Waals surface area contributed by atoms with Gasteiger partial charge in [-0.15, -0.1) is 0 Å². The molecule has 4 fully saturated rings. The molecule has 162 valence electrons. The number of guanidine groups is 1. The molecule has 0 saturated heterocycles. The molecule has 2 atom stereocenters. The van der Waals surface area contributed by atoms with Crippen LogP contribution in [0, 0.1) is 16.7 Å². The number of alkyl halides is 3. The number of halogens is 3. The van der Waals surface area contributed by atoms with Crippen molar-refractivity contribution in [3.63, 3.8) is 0 Å². The van der Waals surface area contributed by atoms with Crippen molar-refractivity contribution >= 4 is 11.9 Å². The molecule has 4 bridgehead atoms. The minimum Gasteiger partial charge on any atom is -0.475 e. The molecule has 6 nitrogen and oxygen atoms in total. The summed E-state index contributed by atoms with van der Waals surface area (Å²) < 4.78 is 31.7. The first-order valence-electron chi connectivity index (χ1n) is 9.87. The van der Waals surface area contributed by atoms with Crippen LogP contribution in [0.1, 0.15) is 65.2 Å². The molecule has 0 spiro atoms. The van der Waals surface area contributed by atoms with Crippen LogP contribution in [-0.4, -0.2) is 41.8 Å². The molecule has 2 unspecified atom stereocenters. The van der Waals surface area contributed by atoms with Crippen molar-refractivity contribution in [2.24, 2.45) is 33.2 Å². The van der Waals surface area contributed by atoms with E-state index in [9.17, 15) is 13.2 Å². The van der Waals surface area contributed by atoms with Gasteiger partial charge in [-0.05, 0) is 74.7 Å². The van der Waals surface area contributed by atoms with E-state index in [4.69, 9.17) is 21.4 Å². The molecule has 28 heavy (non-hydrogen) atoms. The van der Waals surface area contributed by atoms with Crippen molar-refractivity contribution < 1.29 is 23.1 Å². The minimum atomic E-state index is -5.08. The number of aliphatic carboxylic acids is 1. The van der Waals surface area contributed by atoms with Gasteiger partial charge in [-0.2, -0.15) is 13.2 Å². The molecule has 9 heteroatoms. The maximum Gasteiger partial charge on any atom is 0.490 e. The van der Waals surface area contributed by atoms with E-state index in [1.165, 1.54) is 38.5 Å². The lowest BCUT2D eigenvalue weighted by Gasteiger charge is -2.65. The zero-order valence-electron chi connectivity index (χ0n) is 16.7. The van der Waals surface area contributed by atoms with Crippen molar-refractivity contribution in [2.45, 2.75) is 76.9 Å². The molecule has 0 amide bonds. The first-order valence-corrected chi connectivity index (χ1v) is 9.87. The summed E-state index contributed by atoms with van der Waals surface area (Å²) in [7, 11) is 0. The highest BCUT2D eigenvalue weighted by Crippen LogP contribution is 2.66. The van der Waals surface area contributed by atoms with Gasteiger partial charge < -0.3 is 21.9 Å². The monoisotopic (exact) mass is 406 g/mol. The third kappa shape index (κ3) is 5.99. The molecule has 4 saturated carbocycles. The van der Waals surface area contributed by atoms with Crippen molar-refractivity contribution in [1.29, 1.82) is 0 Å². The largest absolute Gasteiger partial charge is 0.490 e. The quantitative estimate of drug-likeness (QED) is 0.308. The van der Waals surface area contributed by atoms with Crippen LogP contribution < -0.4 is 16.8 Å². The highest BCUT2D eigenvalue weighted by molar-refractivity contribution is 5.75. The van der Waals surface area contributed by atoms with Gasteiger partial charge in [-0.3, -0.25) is 4.99 Å². The summed E-state index contributed by atoms with van der Waals surface area (Å²) >= 11 is 0. The van der Waals surface area contributed by atoms with E-state index in [0.717, 1.165) is 31.8 Å². The van der Waals surface area contributed by atoms with Gasteiger partial charge in [0.15, 0.2) is 5.96 Å². The number of carboxylic acids is 1. The molecule has 6 N–H and O–H groups in total. The van der Waals surface area contributed by atoms with Crippen molar-refractivity contribution in [2.75, 3.05) is 13.1 Å². The summed E-state index contributed by atoms with van der Waals surface area (Å²) in [6.45, 7) is 6.93. The van der Waals surface area contributed by atoms with Crippen molar-refractivity contribution in [1.82, 2.24) is 5.32 Å². The van der Waals surface area contributed by atoms with Gasteiger partial charge in [-0.25, -0.2) is 4.79 Å². The highest BCUT2D eigenvalue weighted by atomic mass is 19.4. The maximum absolute atomic E-state index is 10.6. The molecule has 0 heterocycles. The Hall–Kier alpha value is -1.51. The summed E-state index contributed by atoms with van der Waals surface area (Å²) in [6, 6.07) is 0. The van der Waals surface area contributed by atoms with Crippen LogP contribution >= 0.6 is 0 Å². The van der Waals surface area contributed by atoms with Crippen molar-refractivity contribution in [3.8, 4) is 0 Å². The SMILES string of the molecule is CC12CC3CC(C)(C1)CC(NCCCCN=C(N)N)(C3)C2.O=C(O)C(F)(F)F. The van der Waals surface area contributed by atoms with Gasteiger partial charge in [0.25, 0.3) is 0 Å². The molecule has 4 rings (SSSR count). The second-order valence-corrected chi connectivity index (χ2v) is 9.65. The summed E-state index contributed by atoms with van der Waals surface area (Å²) in [5.41, 5.74) is 12.3. The van der Waals surface area contributed by atoms with Crippen LogP contribution in [0.25, 0.3) is 0 Å². The Morgan fingerprint density at radius 3 is 2.07 bits per heavy atom. The summed E-state index contributed by atoms with van der Waals surface area (Å²) in [4.78, 5) is 13.0. The van der Waals surface area contributed by atoms with Crippen LogP contribution in [0.15, 0.2) is 4.99 Å². The predicted molar refractivity (Wildman–Crippen MR) is 102 cm³/mol. The normalized spacial score (nSPS) is 35.8. The van der Waals surface area contributed by atoms with Gasteiger partial charge in [0.2, 0.25) is 0 Å². The Bertz CT molecular complexity index is 586. The zero-order valence-corrected chi connectivity index (χ0v) is 16.7. The lowest BCUT2D eigenvalue weighted by atomic mass is 9.43. The number of nitrogens with one attached hydrogen (secondary N) is 1. The van der Waals surface area contributed by atoms with Crippen LogP contribution in [0.3, 0.4) is 0 Å². The Kier molecular flexibility index (Phi) is 6.57. The molecule has 0 aliphatic heterocycles. The topological polar surface area (TPSA) is 114 Å². The summed E-state index contributed by atoms with van der Waals surface area (Å²) in [5.74, 6) is -1.58. The van der Waals surface area contributed by atoms with Crippen LogP contribution in [-0.2, 0) is 4.79 Å². The lowest BCUT2D eigenvalue weighted by molar-refractivity contribution is -0.192. The second-order valence-electron chi connectivity index (χ2n) is 9.65. The molecular weight excluding hydrogens is 373 g/mol. The Balaban J connectivity index is 0.000000345. The van der Waals surface area contributed by atoms with Crippen LogP contribution in [0.4, 0.5) is 13.2 Å². The third-order valence-corrected chi connectivity index (χ3v) is 6.25. The van der Waals surface area contributed by atoms with E-state index in [-0.39, 0.29) is 5.96 Å². The molecule has 0 aromatic heterocycles. The Morgan fingerprint density at radius 2 is 1.64 bits per heavy atom. The molecule has 0 aromatic rings. The third-order valence-electron chi connectivity index (χ3n) is 6.25. The number of carboxylic acid groups (broad SMARTS) is 1. The highest BCUT2D eigenvalue weighted by Gasteiger charge is 2.59. The van der Waals surface area contributed by atoms with Crippen LogP contribution in [0.5, 0.6) is 0 Å². The van der Waals surface area contributed by atoms with Crippen molar-refractivity contribution in [3.05, 3.63) is 0 Å². The molecule has 0 radical (unpaired) electrons. The van der Waals surface area contributed by atoms with E-state index in [2.05, 4.69) is 24.2 Å². The fourth-order valence-corrected chi connectivity index (χ4v) is 6.44. The Morgan fingerprint density at radius 1 is 1.11 bits per heavy atom. The van der Waals surface area contributed by atoms with Gasteiger partial charge in [0.05, 0.1) is 0 Å². The molecule has 4 aliphatic carbocycles. The number of aliphatic imine (C=N–C) groups is 1. The molecule has 4 aliphatic rings. The number of carbonyl (C=O) groups is 1. The number of rotatable bonds is 6. The second kappa shape index (κ2) is 8.08. The van der Waals surface area contributed by atoms with E-state index >= 15 is 0 Å². The first-order chi connectivity index (χ1) is 12.8. The summed E-state index contributed by atoms with van der Waals surface area (Å²) in [6.07, 6.45) is 5.72. The number of hydrogen-bond donors (Lipinski definition) is 4. The fourth-order valence-electron chi connectivity index (χ4n) is 6.44. The average Bonchev–Trinajstić information content (AvgIpc) is 2.46. The Labute approximate surface area is 164 Å². The van der Waals surface area contributed by atoms with Gasteiger partial charge in [0.1, 0.15) is 0 Å². The fraction of sp³-hybridized carbons (Fsp3) is 0.895. The van der Waals surface area contributed by atoms with Gasteiger partial charge in [0, 0.05) is 12.1 Å². The van der Waals surface area contributed by atoms with Crippen LogP contribution in [0.2, 0.25) is 0 Å². The number of nitrogens with zero attached hydrogens (tertiary/aromatic N) is 1. The summed E-state index contributed by atoms with van der Waals surface area (Å²) in [5, 5.41) is 11.1. The van der Waals surface area contributed by atoms with Gasteiger partial charge in [-0.1, -0.05) is 13.8 Å². The minimum absolute atomic E-state index is 0.213. The average molecular weight is 406 g/mol. The first kappa shape index (κ1) is 22.8. The predicted octanol–water partition coefficient (Wildman–Crippen LogP) is 3.01. The lowest BCUT2D eigenvalue weighted by Crippen LogP contribution is -2.64. The van der Waals surface area contributed by atoms with E-state index in [1.54, 1.807) is 0 Å². The maximum atomic E-state index is 10.6. The zero-order chi connectivity index (χ0) is 21.2.